The van der Waals surface area contributed by atoms with Crippen molar-refractivity contribution in [2.75, 3.05) is 19.7 Å². The number of ether oxygens (including phenoxy) is 1. The number of hydrogen-bond donors (Lipinski definition) is 2. The molecule has 7 nitrogen and oxygen atoms in total. The molecule has 2 N–H and O–H groups in total. The largest absolute Gasteiger partial charge is 0.484 e. The minimum absolute atomic E-state index is 0.0215. The molecule has 1 fully saturated rings. The maximum absolute atomic E-state index is 12.5. The van der Waals surface area contributed by atoms with Gasteiger partial charge in [-0.15, -0.1) is 0 Å². The first-order valence-corrected chi connectivity index (χ1v) is 12.5. The monoisotopic (exact) mass is 542 g/mol. The lowest BCUT2D eigenvalue weighted by Gasteiger charge is -2.44. The van der Waals surface area contributed by atoms with Gasteiger partial charge in [0.05, 0.1) is 0 Å². The van der Waals surface area contributed by atoms with Crippen LogP contribution in [0.1, 0.15) is 23.6 Å². The number of benzene rings is 1. The molecule has 0 unspecified atom stereocenters. The van der Waals surface area contributed by atoms with Gasteiger partial charge in [-0.1, -0.05) is 59.1 Å². The van der Waals surface area contributed by atoms with Crippen LogP contribution in [0.2, 0.25) is 0 Å². The van der Waals surface area contributed by atoms with Gasteiger partial charge in [0.2, 0.25) is 3.79 Å². The number of carbonyl (C=O) groups is 1. The van der Waals surface area contributed by atoms with E-state index in [1.807, 2.05) is 40.7 Å². The van der Waals surface area contributed by atoms with Gasteiger partial charge in [0.25, 0.3) is 11.5 Å². The molecule has 2 aliphatic heterocycles. The third-order valence-electron chi connectivity index (χ3n) is 6.12. The van der Waals surface area contributed by atoms with Crippen LogP contribution in [0.4, 0.5) is 0 Å². The van der Waals surface area contributed by atoms with Crippen molar-refractivity contribution in [1.82, 2.24) is 20.1 Å². The molecular formula is C23H25Cl3N4O3S. The van der Waals surface area contributed by atoms with Crippen LogP contribution in [0.5, 0.6) is 5.75 Å². The van der Waals surface area contributed by atoms with E-state index >= 15 is 0 Å². The van der Waals surface area contributed by atoms with Crippen LogP contribution < -0.4 is 20.9 Å². The van der Waals surface area contributed by atoms with E-state index in [4.69, 9.17) is 51.8 Å². The molecule has 1 aromatic carbocycles. The number of pyridine rings is 1. The predicted octanol–water partition coefficient (Wildman–Crippen LogP) is 3.34. The lowest BCUT2D eigenvalue weighted by Crippen LogP contribution is -2.60. The number of hydrogen-bond acceptors (Lipinski definition) is 4. The lowest BCUT2D eigenvalue weighted by atomic mass is 9.83. The second-order valence-corrected chi connectivity index (χ2v) is 11.4. The molecule has 2 bridgehead atoms. The van der Waals surface area contributed by atoms with Gasteiger partial charge in [-0.3, -0.25) is 9.59 Å². The van der Waals surface area contributed by atoms with Gasteiger partial charge in [-0.05, 0) is 49.2 Å². The molecule has 0 spiro atoms. The zero-order valence-electron chi connectivity index (χ0n) is 18.5. The average molecular weight is 544 g/mol. The zero-order valence-corrected chi connectivity index (χ0v) is 21.6. The molecule has 182 valence electrons. The summed E-state index contributed by atoms with van der Waals surface area (Å²) in [5.41, 5.74) is 1.94. The Morgan fingerprint density at radius 1 is 1.15 bits per heavy atom. The van der Waals surface area contributed by atoms with Gasteiger partial charge < -0.3 is 24.8 Å². The van der Waals surface area contributed by atoms with Crippen LogP contribution in [0.15, 0.2) is 47.3 Å². The van der Waals surface area contributed by atoms with E-state index in [0.29, 0.717) is 30.5 Å². The summed E-state index contributed by atoms with van der Waals surface area (Å²) in [6.45, 7) is 3.59. The highest BCUT2D eigenvalue weighted by molar-refractivity contribution is 7.80. The molecule has 2 aliphatic rings. The van der Waals surface area contributed by atoms with Crippen molar-refractivity contribution in [3.63, 3.8) is 0 Å². The SMILES string of the molecule is Cc1ccccc1OCC(=O)N[C@@H](NC(=S)N1C[C@@H]2C[C@H](C1)c1cccc(=O)n1C2)C(Cl)(Cl)Cl. The van der Waals surface area contributed by atoms with Gasteiger partial charge in [0, 0.05) is 37.3 Å². The predicted molar refractivity (Wildman–Crippen MR) is 138 cm³/mol. The summed E-state index contributed by atoms with van der Waals surface area (Å²) >= 11 is 24.1. The van der Waals surface area contributed by atoms with Gasteiger partial charge in [-0.25, -0.2) is 0 Å². The summed E-state index contributed by atoms with van der Waals surface area (Å²) in [7, 11) is 0. The molecule has 3 atom stereocenters. The highest BCUT2D eigenvalue weighted by atomic mass is 35.6. The smallest absolute Gasteiger partial charge is 0.259 e. The summed E-state index contributed by atoms with van der Waals surface area (Å²) in [6.07, 6.45) is -0.0710. The molecule has 2 aromatic rings. The first-order valence-electron chi connectivity index (χ1n) is 10.9. The molecule has 34 heavy (non-hydrogen) atoms. The average Bonchev–Trinajstić information content (AvgIpc) is 2.78. The van der Waals surface area contributed by atoms with E-state index < -0.39 is 15.9 Å². The fraction of sp³-hybridized carbons (Fsp3) is 0.435. The first-order chi connectivity index (χ1) is 16.1. The van der Waals surface area contributed by atoms with Crippen molar-refractivity contribution in [1.29, 1.82) is 0 Å². The van der Waals surface area contributed by atoms with Crippen LogP contribution in [0.3, 0.4) is 0 Å². The highest BCUT2D eigenvalue weighted by Gasteiger charge is 2.38. The van der Waals surface area contributed by atoms with E-state index in [1.165, 1.54) is 0 Å². The molecule has 1 aromatic heterocycles. The minimum atomic E-state index is -1.85. The van der Waals surface area contributed by atoms with Gasteiger partial charge >= 0.3 is 0 Å². The van der Waals surface area contributed by atoms with Crippen molar-refractivity contribution in [2.24, 2.45) is 5.92 Å². The van der Waals surface area contributed by atoms with Gasteiger partial charge in [0.1, 0.15) is 11.9 Å². The van der Waals surface area contributed by atoms with E-state index in [0.717, 1.165) is 17.7 Å². The van der Waals surface area contributed by atoms with Crippen LogP contribution in [0.25, 0.3) is 0 Å². The number of carbonyl (C=O) groups excluding carboxylic acids is 1. The number of likely N-dealkylation sites (tertiary alicyclic amines) is 1. The Bertz CT molecular complexity index is 1140. The van der Waals surface area contributed by atoms with Crippen molar-refractivity contribution in [3.05, 3.63) is 64.1 Å². The molecule has 0 radical (unpaired) electrons. The Morgan fingerprint density at radius 2 is 1.91 bits per heavy atom. The zero-order chi connectivity index (χ0) is 24.5. The lowest BCUT2D eigenvalue weighted by molar-refractivity contribution is -0.123. The number of rotatable bonds is 5. The summed E-state index contributed by atoms with van der Waals surface area (Å²) in [5.74, 6) is 0.586. The summed E-state index contributed by atoms with van der Waals surface area (Å²) in [5, 5.41) is 6.03. The van der Waals surface area contributed by atoms with Gasteiger partial charge in [0.15, 0.2) is 11.7 Å². The van der Waals surface area contributed by atoms with E-state index in [9.17, 15) is 9.59 Å². The number of para-hydroxylation sites is 1. The van der Waals surface area contributed by atoms with Crippen molar-refractivity contribution in [3.8, 4) is 5.75 Å². The normalized spacial score (nSPS) is 20.2. The van der Waals surface area contributed by atoms with Crippen LogP contribution in [0, 0.1) is 12.8 Å². The van der Waals surface area contributed by atoms with Crippen LogP contribution in [-0.2, 0) is 11.3 Å². The van der Waals surface area contributed by atoms with E-state index in [-0.39, 0.29) is 24.0 Å². The molecule has 0 saturated carbocycles. The van der Waals surface area contributed by atoms with Crippen molar-refractivity contribution < 1.29 is 9.53 Å². The fourth-order valence-corrected chi connectivity index (χ4v) is 5.14. The molecule has 1 amide bonds. The Hall–Kier alpha value is -2.00. The number of thiocarbonyl (C=S) groups is 1. The molecule has 11 heteroatoms. The van der Waals surface area contributed by atoms with Gasteiger partial charge in [-0.2, -0.15) is 0 Å². The second kappa shape index (κ2) is 10.3. The summed E-state index contributed by atoms with van der Waals surface area (Å²) < 4.78 is 5.59. The topological polar surface area (TPSA) is 75.6 Å². The van der Waals surface area contributed by atoms with Crippen molar-refractivity contribution >= 4 is 58.0 Å². The van der Waals surface area contributed by atoms with Crippen LogP contribution in [-0.4, -0.2) is 50.1 Å². The fourth-order valence-electron chi connectivity index (χ4n) is 4.54. The molecule has 1 saturated heterocycles. The Labute approximate surface area is 218 Å². The molecular weight excluding hydrogens is 519 g/mol. The number of piperidine rings is 1. The molecule has 0 aliphatic carbocycles. The highest BCUT2D eigenvalue weighted by Crippen LogP contribution is 2.35. The number of aromatic nitrogens is 1. The van der Waals surface area contributed by atoms with E-state index in [1.54, 1.807) is 18.2 Å². The number of halogens is 3. The number of nitrogens with zero attached hydrogens (tertiary/aromatic N) is 2. The summed E-state index contributed by atoms with van der Waals surface area (Å²) in [4.78, 5) is 26.8. The number of aryl methyl sites for hydroxylation is 1. The minimum Gasteiger partial charge on any atom is -0.484 e. The standard InChI is InChI=1S/C23H25Cl3N4O3S/c1-14-5-2-3-7-18(14)33-13-19(31)27-21(23(24,25)26)28-22(34)29-10-15-9-16(12-29)17-6-4-8-20(32)30(17)11-15/h2-8,15-16,21H,9-13H2,1H3,(H,27,31)(H,28,34)/t15-,16+,21-/m0/s1. The summed E-state index contributed by atoms with van der Waals surface area (Å²) in [6, 6.07) is 12.7. The Kier molecular flexibility index (Phi) is 7.62. The number of nitrogens with one attached hydrogen (secondary N) is 2. The molecule has 3 heterocycles. The Morgan fingerprint density at radius 3 is 2.65 bits per heavy atom. The van der Waals surface area contributed by atoms with Crippen molar-refractivity contribution in [2.45, 2.75) is 35.8 Å². The number of alkyl halides is 3. The third-order valence-corrected chi connectivity index (χ3v) is 7.15. The maximum atomic E-state index is 12.5. The second-order valence-electron chi connectivity index (χ2n) is 8.65. The molecule has 4 rings (SSSR count). The quantitative estimate of drug-likeness (QED) is 0.342. The number of fused-ring (bicyclic) bond motifs is 4. The maximum Gasteiger partial charge on any atom is 0.259 e. The van der Waals surface area contributed by atoms with E-state index in [2.05, 4.69) is 10.6 Å². The van der Waals surface area contributed by atoms with Crippen LogP contribution >= 0.6 is 47.0 Å². The number of amides is 1. The Balaban J connectivity index is 1.39. The third kappa shape index (κ3) is 5.79. The first kappa shape index (κ1) is 25.1.